The number of aryl methyl sites for hydroxylation is 4. The van der Waals surface area contributed by atoms with E-state index in [1.807, 2.05) is 40.7 Å². The van der Waals surface area contributed by atoms with Crippen molar-refractivity contribution >= 4 is 11.8 Å². The zero-order chi connectivity index (χ0) is 36.4. The average molecular weight is 705 g/mol. The molecule has 274 valence electrons. The Balaban J connectivity index is 1.39. The number of fused-ring (bicyclic) bond motifs is 2. The van der Waals surface area contributed by atoms with Gasteiger partial charge in [-0.1, -0.05) is 24.3 Å². The molecule has 1 saturated heterocycles. The van der Waals surface area contributed by atoms with Gasteiger partial charge in [0.1, 0.15) is 17.9 Å². The van der Waals surface area contributed by atoms with E-state index in [0.29, 0.717) is 23.8 Å². The Morgan fingerprint density at radius 3 is 2.50 bits per heavy atom. The van der Waals surface area contributed by atoms with Gasteiger partial charge >= 0.3 is 5.97 Å². The number of rotatable bonds is 10. The van der Waals surface area contributed by atoms with Gasteiger partial charge in [0.15, 0.2) is 6.10 Å². The Bertz CT molecular complexity index is 1930. The van der Waals surface area contributed by atoms with Gasteiger partial charge < -0.3 is 24.2 Å². The van der Waals surface area contributed by atoms with Crippen LogP contribution in [0.5, 0.6) is 5.75 Å². The third-order valence-corrected chi connectivity index (χ3v) is 10.6. The SMILES string of the molecule is Cc1cc(N2CCc3cc(-c4c(CCCC5CCOCC5)nc(C)c(C(OC(C)(C)C)C(=O)O)c4-c4ccc5c(c4)CCCO5)ccc3C2)ncn1. The van der Waals surface area contributed by atoms with E-state index in [0.717, 1.165) is 128 Å². The van der Waals surface area contributed by atoms with Crippen molar-refractivity contribution in [2.75, 3.05) is 31.3 Å². The fraction of sp³-hybridized carbons (Fsp3) is 0.488. The summed E-state index contributed by atoms with van der Waals surface area (Å²) < 4.78 is 18.1. The van der Waals surface area contributed by atoms with Crippen LogP contribution < -0.4 is 9.64 Å². The van der Waals surface area contributed by atoms with E-state index in [1.54, 1.807) is 6.33 Å². The van der Waals surface area contributed by atoms with E-state index >= 15 is 0 Å². The Morgan fingerprint density at radius 2 is 1.73 bits per heavy atom. The van der Waals surface area contributed by atoms with Crippen LogP contribution in [0.2, 0.25) is 0 Å². The van der Waals surface area contributed by atoms with Gasteiger partial charge in [-0.3, -0.25) is 4.98 Å². The summed E-state index contributed by atoms with van der Waals surface area (Å²) >= 11 is 0. The molecule has 4 aromatic rings. The lowest BCUT2D eigenvalue weighted by molar-refractivity contribution is -0.160. The summed E-state index contributed by atoms with van der Waals surface area (Å²) in [5.74, 6) is 1.47. The van der Waals surface area contributed by atoms with Crippen molar-refractivity contribution in [1.29, 1.82) is 0 Å². The van der Waals surface area contributed by atoms with Gasteiger partial charge in [0.05, 0.1) is 12.2 Å². The maximum absolute atomic E-state index is 13.2. The van der Waals surface area contributed by atoms with Crippen LogP contribution in [0.15, 0.2) is 48.8 Å². The van der Waals surface area contributed by atoms with E-state index in [1.165, 1.54) is 11.1 Å². The van der Waals surface area contributed by atoms with Crippen LogP contribution in [0.3, 0.4) is 0 Å². The van der Waals surface area contributed by atoms with Crippen LogP contribution in [-0.2, 0) is 40.1 Å². The number of carboxylic acids is 1. The number of pyridine rings is 1. The standard InChI is InChI=1S/C43H52N4O5/c1-27-22-37(45-26-44-27)47-18-15-30-23-32(11-12-34(30)25-47)39-35(10-6-8-29-16-20-50-21-17-29)46-28(2)38(41(42(48)49)52-43(3,4)5)40(39)33-13-14-36-31(24-33)9-7-19-51-36/h11-14,22-24,26,29,41H,6-10,15-21,25H2,1-5H3,(H,48,49). The first-order valence-electron chi connectivity index (χ1n) is 19.0. The molecule has 1 atom stereocenters. The number of aromatic nitrogens is 3. The molecule has 1 N–H and O–H groups in total. The molecule has 0 aliphatic carbocycles. The van der Waals surface area contributed by atoms with Crippen molar-refractivity contribution in [3.63, 3.8) is 0 Å². The van der Waals surface area contributed by atoms with Crippen LogP contribution in [0, 0.1) is 19.8 Å². The minimum Gasteiger partial charge on any atom is -0.493 e. The third-order valence-electron chi connectivity index (χ3n) is 10.6. The monoisotopic (exact) mass is 704 g/mol. The first kappa shape index (κ1) is 36.0. The molecule has 52 heavy (non-hydrogen) atoms. The van der Waals surface area contributed by atoms with Crippen molar-refractivity contribution in [2.24, 2.45) is 5.92 Å². The number of hydrogen-bond donors (Lipinski definition) is 1. The number of nitrogens with zero attached hydrogens (tertiary/aromatic N) is 4. The van der Waals surface area contributed by atoms with E-state index < -0.39 is 17.7 Å². The normalized spacial score (nSPS) is 16.9. The Labute approximate surface area is 307 Å². The second-order valence-electron chi connectivity index (χ2n) is 15.7. The quantitative estimate of drug-likeness (QED) is 0.174. The van der Waals surface area contributed by atoms with Crippen molar-refractivity contribution < 1.29 is 24.1 Å². The van der Waals surface area contributed by atoms with Gasteiger partial charge in [-0.2, -0.15) is 0 Å². The van der Waals surface area contributed by atoms with E-state index in [4.69, 9.17) is 19.2 Å². The molecule has 2 aromatic carbocycles. The molecule has 9 heteroatoms. The van der Waals surface area contributed by atoms with Crippen LogP contribution in [-0.4, -0.2) is 58.0 Å². The van der Waals surface area contributed by atoms with Crippen molar-refractivity contribution in [1.82, 2.24) is 15.0 Å². The predicted octanol–water partition coefficient (Wildman–Crippen LogP) is 8.40. The van der Waals surface area contributed by atoms with Crippen molar-refractivity contribution in [3.05, 3.63) is 88.1 Å². The summed E-state index contributed by atoms with van der Waals surface area (Å²) in [6, 6.07) is 15.2. The average Bonchev–Trinajstić information content (AvgIpc) is 3.13. The first-order valence-corrected chi connectivity index (χ1v) is 19.0. The molecule has 7 rings (SSSR count). The molecule has 0 saturated carbocycles. The lowest BCUT2D eigenvalue weighted by Crippen LogP contribution is -2.31. The molecule has 5 heterocycles. The largest absolute Gasteiger partial charge is 0.493 e. The van der Waals surface area contributed by atoms with Gasteiger partial charge in [0.2, 0.25) is 0 Å². The van der Waals surface area contributed by atoms with Crippen LogP contribution in [0.1, 0.15) is 98.3 Å². The Morgan fingerprint density at radius 1 is 0.962 bits per heavy atom. The highest BCUT2D eigenvalue weighted by atomic mass is 16.5. The van der Waals surface area contributed by atoms with Crippen LogP contribution >= 0.6 is 0 Å². The zero-order valence-corrected chi connectivity index (χ0v) is 31.3. The summed E-state index contributed by atoms with van der Waals surface area (Å²) in [5.41, 5.74) is 10.2. The summed E-state index contributed by atoms with van der Waals surface area (Å²) in [7, 11) is 0. The lowest BCUT2D eigenvalue weighted by atomic mass is 9.83. The maximum Gasteiger partial charge on any atom is 0.337 e. The van der Waals surface area contributed by atoms with E-state index in [2.05, 4.69) is 51.3 Å². The Kier molecular flexibility index (Phi) is 10.6. The minimum atomic E-state index is -1.20. The highest BCUT2D eigenvalue weighted by molar-refractivity contribution is 5.91. The zero-order valence-electron chi connectivity index (χ0n) is 31.3. The maximum atomic E-state index is 13.2. The highest BCUT2D eigenvalue weighted by Gasteiger charge is 2.34. The van der Waals surface area contributed by atoms with Gasteiger partial charge in [-0.15, -0.1) is 0 Å². The molecule has 1 unspecified atom stereocenters. The molecule has 0 spiro atoms. The summed E-state index contributed by atoms with van der Waals surface area (Å²) in [5, 5.41) is 10.8. The molecule has 0 bridgehead atoms. The van der Waals surface area contributed by atoms with Crippen molar-refractivity contribution in [2.45, 2.75) is 104 Å². The lowest BCUT2D eigenvalue weighted by Gasteiger charge is -2.31. The number of benzene rings is 2. The minimum absolute atomic E-state index is 0.616. The van der Waals surface area contributed by atoms with Gasteiger partial charge in [-0.25, -0.2) is 14.8 Å². The topological polar surface area (TPSA) is 107 Å². The van der Waals surface area contributed by atoms with E-state index in [-0.39, 0.29) is 0 Å². The first-order chi connectivity index (χ1) is 25.0. The van der Waals surface area contributed by atoms with Crippen LogP contribution in [0.4, 0.5) is 5.82 Å². The fourth-order valence-electron chi connectivity index (χ4n) is 8.10. The summed E-state index contributed by atoms with van der Waals surface area (Å²) in [4.78, 5) is 29.6. The molecule has 9 nitrogen and oxygen atoms in total. The molecule has 1 fully saturated rings. The van der Waals surface area contributed by atoms with Gasteiger partial charge in [0.25, 0.3) is 0 Å². The number of aliphatic carboxylic acids is 1. The number of carboxylic acid groups (broad SMARTS) is 1. The number of carbonyl (C=O) groups is 1. The highest BCUT2D eigenvalue weighted by Crippen LogP contribution is 2.45. The second kappa shape index (κ2) is 15.3. The summed E-state index contributed by atoms with van der Waals surface area (Å²) in [6.45, 7) is 13.6. The number of ether oxygens (including phenoxy) is 3. The molecular weight excluding hydrogens is 652 g/mol. The molecule has 2 aromatic heterocycles. The predicted molar refractivity (Wildman–Crippen MR) is 203 cm³/mol. The van der Waals surface area contributed by atoms with Gasteiger partial charge in [-0.05, 0) is 137 Å². The van der Waals surface area contributed by atoms with Gasteiger partial charge in [0, 0.05) is 60.6 Å². The molecule has 0 amide bonds. The molecular formula is C43H52N4O5. The summed E-state index contributed by atoms with van der Waals surface area (Å²) in [6.07, 6.45) is 8.28. The second-order valence-corrected chi connectivity index (χ2v) is 15.7. The number of hydrogen-bond acceptors (Lipinski definition) is 8. The van der Waals surface area contributed by atoms with Crippen LogP contribution in [0.25, 0.3) is 22.3 Å². The molecule has 3 aliphatic rings. The van der Waals surface area contributed by atoms with Crippen molar-refractivity contribution in [3.8, 4) is 28.0 Å². The molecule has 0 radical (unpaired) electrons. The molecule has 3 aliphatic heterocycles. The smallest absolute Gasteiger partial charge is 0.337 e. The number of anilines is 1. The third kappa shape index (κ3) is 8.01. The van der Waals surface area contributed by atoms with E-state index in [9.17, 15) is 9.90 Å². The fourth-order valence-corrected chi connectivity index (χ4v) is 8.10. The Hall–Kier alpha value is -4.34.